The summed E-state index contributed by atoms with van der Waals surface area (Å²) >= 11 is 0. The number of benzene rings is 2. The number of nitrogens with two attached hydrogens (primary N) is 1. The first-order chi connectivity index (χ1) is 15.1. The van der Waals surface area contributed by atoms with Crippen LogP contribution in [0, 0.1) is 18.3 Å². The molecule has 0 saturated carbocycles. The lowest BCUT2D eigenvalue weighted by molar-refractivity contribution is 0.723. The van der Waals surface area contributed by atoms with Crippen LogP contribution < -0.4 is 16.4 Å². The highest BCUT2D eigenvalue weighted by molar-refractivity contribution is 5.79. The molecular formula is C24H29N7. The summed E-state index contributed by atoms with van der Waals surface area (Å²) < 4.78 is 1.63. The van der Waals surface area contributed by atoms with Crippen LogP contribution >= 0.6 is 0 Å². The summed E-state index contributed by atoms with van der Waals surface area (Å²) in [5.74, 6) is 1.16. The number of hydrogen-bond donors (Lipinski definition) is 3. The zero-order valence-electron chi connectivity index (χ0n) is 18.1. The first-order valence-electron chi connectivity index (χ1n) is 10.5. The zero-order valence-corrected chi connectivity index (χ0v) is 18.1. The Morgan fingerprint density at radius 2 is 1.87 bits per heavy atom. The first-order valence-corrected chi connectivity index (χ1v) is 10.5. The molecule has 0 spiro atoms. The Labute approximate surface area is 183 Å². The maximum atomic E-state index is 9.55. The largest absolute Gasteiger partial charge is 0.382 e. The van der Waals surface area contributed by atoms with Crippen molar-refractivity contribution in [2.45, 2.75) is 33.2 Å². The van der Waals surface area contributed by atoms with E-state index in [1.54, 1.807) is 4.68 Å². The summed E-state index contributed by atoms with van der Waals surface area (Å²) in [6.45, 7) is 6.26. The second-order valence-corrected chi connectivity index (χ2v) is 7.22. The maximum absolute atomic E-state index is 9.55. The molecule has 0 bridgehead atoms. The van der Waals surface area contributed by atoms with Gasteiger partial charge in [-0.05, 0) is 49.9 Å². The van der Waals surface area contributed by atoms with E-state index in [4.69, 9.17) is 5.73 Å². The van der Waals surface area contributed by atoms with Crippen molar-refractivity contribution in [2.24, 2.45) is 4.99 Å². The highest BCUT2D eigenvalue weighted by Gasteiger charge is 2.16. The van der Waals surface area contributed by atoms with Crippen LogP contribution in [-0.4, -0.2) is 28.8 Å². The fourth-order valence-electron chi connectivity index (χ4n) is 3.30. The van der Waals surface area contributed by atoms with Gasteiger partial charge < -0.3 is 16.4 Å². The van der Waals surface area contributed by atoms with Gasteiger partial charge in [0.1, 0.15) is 17.5 Å². The Morgan fingerprint density at radius 1 is 1.13 bits per heavy atom. The first kappa shape index (κ1) is 21.9. The zero-order chi connectivity index (χ0) is 22.1. The number of guanidine groups is 1. The van der Waals surface area contributed by atoms with Gasteiger partial charge in [0.25, 0.3) is 0 Å². The van der Waals surface area contributed by atoms with Gasteiger partial charge in [-0.2, -0.15) is 10.4 Å². The molecule has 31 heavy (non-hydrogen) atoms. The predicted octanol–water partition coefficient (Wildman–Crippen LogP) is 3.32. The van der Waals surface area contributed by atoms with E-state index in [-0.39, 0.29) is 0 Å². The molecule has 0 unspecified atom stereocenters. The van der Waals surface area contributed by atoms with Crippen molar-refractivity contribution in [2.75, 3.05) is 18.8 Å². The van der Waals surface area contributed by atoms with Crippen molar-refractivity contribution in [3.05, 3.63) is 77.0 Å². The molecule has 160 valence electrons. The maximum Gasteiger partial charge on any atom is 0.191 e. The summed E-state index contributed by atoms with van der Waals surface area (Å²) in [5.41, 5.74) is 10.6. The van der Waals surface area contributed by atoms with Crippen LogP contribution in [0.15, 0.2) is 59.6 Å². The highest BCUT2D eigenvalue weighted by Crippen LogP contribution is 2.21. The second-order valence-electron chi connectivity index (χ2n) is 7.22. The Hall–Kier alpha value is -3.79. The average molecular weight is 416 g/mol. The molecule has 0 aliphatic rings. The minimum absolute atomic E-state index is 0.379. The molecule has 7 heteroatoms. The third kappa shape index (κ3) is 5.64. The lowest BCUT2D eigenvalue weighted by Gasteiger charge is -2.11. The van der Waals surface area contributed by atoms with Gasteiger partial charge in [-0.25, -0.2) is 9.67 Å². The second kappa shape index (κ2) is 10.8. The molecule has 0 aliphatic heterocycles. The van der Waals surface area contributed by atoms with Gasteiger partial charge in [0.2, 0.25) is 0 Å². The number of nitrogen functional groups attached to an aromatic ring is 1. The third-order valence-electron chi connectivity index (χ3n) is 5.00. The summed E-state index contributed by atoms with van der Waals surface area (Å²) in [6, 6.07) is 20.1. The van der Waals surface area contributed by atoms with Crippen LogP contribution in [0.2, 0.25) is 0 Å². The number of aromatic nitrogens is 2. The van der Waals surface area contributed by atoms with Gasteiger partial charge in [0.05, 0.1) is 17.9 Å². The molecule has 0 aliphatic carbocycles. The number of para-hydroxylation sites is 1. The Balaban J connectivity index is 1.60. The molecular weight excluding hydrogens is 386 g/mol. The SMILES string of the molecule is CCNC(=NCc1ccccc1C)NCCCc1nn(-c2ccccc2)c(N)c1C#N. The molecule has 3 rings (SSSR count). The fourth-order valence-corrected chi connectivity index (χ4v) is 3.30. The monoisotopic (exact) mass is 415 g/mol. The molecule has 0 fully saturated rings. The van der Waals surface area contributed by atoms with Gasteiger partial charge in [-0.3, -0.25) is 0 Å². The van der Waals surface area contributed by atoms with Crippen LogP contribution in [-0.2, 0) is 13.0 Å². The third-order valence-corrected chi connectivity index (χ3v) is 5.00. The van der Waals surface area contributed by atoms with Crippen molar-refractivity contribution >= 4 is 11.8 Å². The summed E-state index contributed by atoms with van der Waals surface area (Å²) in [6.07, 6.45) is 1.45. The van der Waals surface area contributed by atoms with E-state index in [9.17, 15) is 5.26 Å². The summed E-state index contributed by atoms with van der Waals surface area (Å²) in [4.78, 5) is 4.68. The van der Waals surface area contributed by atoms with Crippen molar-refractivity contribution in [1.29, 1.82) is 5.26 Å². The molecule has 4 N–H and O–H groups in total. The average Bonchev–Trinajstić information content (AvgIpc) is 3.11. The van der Waals surface area contributed by atoms with Gasteiger partial charge in [-0.1, -0.05) is 42.5 Å². The van der Waals surface area contributed by atoms with Crippen LogP contribution in [0.4, 0.5) is 5.82 Å². The van der Waals surface area contributed by atoms with Crippen molar-refractivity contribution < 1.29 is 0 Å². The van der Waals surface area contributed by atoms with E-state index in [1.165, 1.54) is 11.1 Å². The number of rotatable bonds is 8. The van der Waals surface area contributed by atoms with E-state index in [0.29, 0.717) is 36.6 Å². The lowest BCUT2D eigenvalue weighted by atomic mass is 10.1. The fraction of sp³-hybridized carbons (Fsp3) is 0.292. The Morgan fingerprint density at radius 3 is 2.58 bits per heavy atom. The number of anilines is 1. The summed E-state index contributed by atoms with van der Waals surface area (Å²) in [5, 5.41) is 20.8. The van der Waals surface area contributed by atoms with Crippen LogP contribution in [0.5, 0.6) is 0 Å². The van der Waals surface area contributed by atoms with Crippen molar-refractivity contribution in [3.8, 4) is 11.8 Å². The van der Waals surface area contributed by atoms with Crippen molar-refractivity contribution in [3.63, 3.8) is 0 Å². The molecule has 0 radical (unpaired) electrons. The number of nitrogens with zero attached hydrogens (tertiary/aromatic N) is 4. The quantitative estimate of drug-likeness (QED) is 0.297. The van der Waals surface area contributed by atoms with Crippen LogP contribution in [0.1, 0.15) is 35.7 Å². The van der Waals surface area contributed by atoms with Crippen LogP contribution in [0.3, 0.4) is 0 Å². The number of nitrogens with one attached hydrogen (secondary N) is 2. The smallest absolute Gasteiger partial charge is 0.191 e. The van der Waals surface area contributed by atoms with E-state index in [0.717, 1.165) is 24.6 Å². The predicted molar refractivity (Wildman–Crippen MR) is 125 cm³/mol. The molecule has 1 heterocycles. The van der Waals surface area contributed by atoms with Crippen LogP contribution in [0.25, 0.3) is 5.69 Å². The Kier molecular flexibility index (Phi) is 7.66. The van der Waals surface area contributed by atoms with Crippen molar-refractivity contribution in [1.82, 2.24) is 20.4 Å². The van der Waals surface area contributed by atoms with Gasteiger partial charge in [0, 0.05) is 13.1 Å². The minimum atomic E-state index is 0.379. The number of aliphatic imine (C=N–C) groups is 1. The molecule has 0 saturated heterocycles. The Bertz CT molecular complexity index is 1060. The molecule has 3 aromatic rings. The molecule has 0 amide bonds. The van der Waals surface area contributed by atoms with E-state index in [2.05, 4.69) is 45.9 Å². The lowest BCUT2D eigenvalue weighted by Crippen LogP contribution is -2.37. The normalized spacial score (nSPS) is 11.2. The molecule has 2 aromatic carbocycles. The molecule has 7 nitrogen and oxygen atoms in total. The van der Waals surface area contributed by atoms with Gasteiger partial charge in [-0.15, -0.1) is 0 Å². The van der Waals surface area contributed by atoms with E-state index in [1.807, 2.05) is 49.4 Å². The molecule has 1 aromatic heterocycles. The highest BCUT2D eigenvalue weighted by atomic mass is 15.3. The topological polar surface area (TPSA) is 104 Å². The van der Waals surface area contributed by atoms with E-state index >= 15 is 0 Å². The van der Waals surface area contributed by atoms with Gasteiger partial charge >= 0.3 is 0 Å². The van der Waals surface area contributed by atoms with Gasteiger partial charge in [0.15, 0.2) is 5.96 Å². The number of nitriles is 1. The minimum Gasteiger partial charge on any atom is -0.382 e. The summed E-state index contributed by atoms with van der Waals surface area (Å²) in [7, 11) is 0. The number of hydrogen-bond acceptors (Lipinski definition) is 4. The number of aryl methyl sites for hydroxylation is 2. The standard InChI is InChI=1S/C24H29N7/c1-3-27-24(29-17-19-11-8-7-10-18(19)2)28-15-9-14-22-21(16-25)23(26)31(30-22)20-12-5-4-6-13-20/h4-8,10-13H,3,9,14-15,17,26H2,1-2H3,(H2,27,28,29). The van der Waals surface area contributed by atoms with E-state index < -0.39 is 0 Å². The molecule has 0 atom stereocenters.